The molecule has 1 saturated heterocycles. The van der Waals surface area contributed by atoms with Crippen LogP contribution in [-0.4, -0.2) is 51.0 Å². The highest BCUT2D eigenvalue weighted by molar-refractivity contribution is 7.89. The van der Waals surface area contributed by atoms with Gasteiger partial charge in [0.15, 0.2) is 0 Å². The highest BCUT2D eigenvalue weighted by atomic mass is 32.2. The van der Waals surface area contributed by atoms with E-state index < -0.39 is 22.0 Å². The maximum Gasteiger partial charge on any atom is 0.338 e. The van der Waals surface area contributed by atoms with Crippen LogP contribution in [0.15, 0.2) is 65.6 Å². The molecule has 0 saturated carbocycles. The zero-order valence-corrected chi connectivity index (χ0v) is 16.7. The number of ether oxygens (including phenoxy) is 2. The first-order valence-electron chi connectivity index (χ1n) is 9.42. The maximum atomic E-state index is 12.6. The Bertz CT molecular complexity index is 922. The fourth-order valence-electron chi connectivity index (χ4n) is 3.13. The van der Waals surface area contributed by atoms with E-state index in [1.807, 2.05) is 0 Å². The van der Waals surface area contributed by atoms with Crippen LogP contribution in [0.3, 0.4) is 0 Å². The molecule has 0 atom stereocenters. The molecular formula is C21H23NO6S. The van der Waals surface area contributed by atoms with Crippen molar-refractivity contribution < 1.29 is 27.5 Å². The van der Waals surface area contributed by atoms with Gasteiger partial charge in [0.2, 0.25) is 10.0 Å². The largest absolute Gasteiger partial charge is 0.462 e. The summed E-state index contributed by atoms with van der Waals surface area (Å²) in [5.74, 6) is -1.22. The van der Waals surface area contributed by atoms with Gasteiger partial charge in [0.05, 0.1) is 16.4 Å². The SMILES string of the molecule is O=C(OCCOC(=O)C1CCN(S(=O)(=O)c2ccccc2)CC1)c1ccccc1. The van der Waals surface area contributed by atoms with Gasteiger partial charge in [0.1, 0.15) is 13.2 Å². The van der Waals surface area contributed by atoms with E-state index in [0.29, 0.717) is 18.4 Å². The number of carbonyl (C=O) groups excluding carboxylic acids is 2. The van der Waals surface area contributed by atoms with Gasteiger partial charge < -0.3 is 9.47 Å². The average molecular weight is 417 g/mol. The van der Waals surface area contributed by atoms with Crippen LogP contribution in [0, 0.1) is 5.92 Å². The van der Waals surface area contributed by atoms with Gasteiger partial charge in [-0.3, -0.25) is 4.79 Å². The second kappa shape index (κ2) is 9.67. The molecule has 0 radical (unpaired) electrons. The van der Waals surface area contributed by atoms with Gasteiger partial charge in [-0.15, -0.1) is 0 Å². The molecule has 7 nitrogen and oxygen atoms in total. The summed E-state index contributed by atoms with van der Waals surface area (Å²) < 4.78 is 36.9. The molecule has 1 heterocycles. The summed E-state index contributed by atoms with van der Waals surface area (Å²) in [4.78, 5) is 24.3. The molecule has 29 heavy (non-hydrogen) atoms. The Morgan fingerprint density at radius 3 is 2.03 bits per heavy atom. The van der Waals surface area contributed by atoms with Crippen LogP contribution in [-0.2, 0) is 24.3 Å². The van der Waals surface area contributed by atoms with Gasteiger partial charge in [-0.2, -0.15) is 4.31 Å². The first-order chi connectivity index (χ1) is 14.0. The third-order valence-corrected chi connectivity index (χ3v) is 6.65. The highest BCUT2D eigenvalue weighted by Crippen LogP contribution is 2.24. The molecule has 0 bridgehead atoms. The molecule has 0 unspecified atom stereocenters. The number of benzene rings is 2. The lowest BCUT2D eigenvalue weighted by atomic mass is 9.98. The topological polar surface area (TPSA) is 90.0 Å². The van der Waals surface area contributed by atoms with Crippen LogP contribution in [0.25, 0.3) is 0 Å². The van der Waals surface area contributed by atoms with Crippen molar-refractivity contribution >= 4 is 22.0 Å². The Hall–Kier alpha value is -2.71. The quantitative estimate of drug-likeness (QED) is 0.508. The summed E-state index contributed by atoms with van der Waals surface area (Å²) in [6, 6.07) is 16.8. The number of hydrogen-bond donors (Lipinski definition) is 0. The second-order valence-electron chi connectivity index (χ2n) is 6.66. The lowest BCUT2D eigenvalue weighted by Gasteiger charge is -2.30. The predicted octanol–water partition coefficient (Wildman–Crippen LogP) is 2.49. The minimum absolute atomic E-state index is 0.0271. The molecule has 3 rings (SSSR count). The van der Waals surface area contributed by atoms with Crippen LogP contribution in [0.2, 0.25) is 0 Å². The van der Waals surface area contributed by atoms with Gasteiger partial charge in [0, 0.05) is 13.1 Å². The summed E-state index contributed by atoms with van der Waals surface area (Å²) in [6.45, 7) is 0.473. The number of esters is 2. The molecule has 1 aliphatic rings. The van der Waals surface area contributed by atoms with Crippen molar-refractivity contribution in [3.63, 3.8) is 0 Å². The van der Waals surface area contributed by atoms with Crippen molar-refractivity contribution in [3.8, 4) is 0 Å². The Labute approximate surface area is 170 Å². The van der Waals surface area contributed by atoms with Gasteiger partial charge in [0.25, 0.3) is 0 Å². The van der Waals surface area contributed by atoms with E-state index in [0.717, 1.165) is 0 Å². The minimum atomic E-state index is -3.54. The van der Waals surface area contributed by atoms with Crippen molar-refractivity contribution in [3.05, 3.63) is 66.2 Å². The number of nitrogens with zero attached hydrogens (tertiary/aromatic N) is 1. The zero-order chi connectivity index (χ0) is 20.7. The van der Waals surface area contributed by atoms with Crippen molar-refractivity contribution in [1.82, 2.24) is 4.31 Å². The van der Waals surface area contributed by atoms with E-state index in [4.69, 9.17) is 9.47 Å². The van der Waals surface area contributed by atoms with Crippen LogP contribution in [0.5, 0.6) is 0 Å². The smallest absolute Gasteiger partial charge is 0.338 e. The lowest BCUT2D eigenvalue weighted by molar-refractivity contribution is -0.150. The van der Waals surface area contributed by atoms with Crippen LogP contribution >= 0.6 is 0 Å². The molecule has 0 amide bonds. The van der Waals surface area contributed by atoms with E-state index in [1.54, 1.807) is 60.7 Å². The monoisotopic (exact) mass is 417 g/mol. The van der Waals surface area contributed by atoms with Gasteiger partial charge in [-0.05, 0) is 37.1 Å². The number of carbonyl (C=O) groups is 2. The van der Waals surface area contributed by atoms with Crippen LogP contribution in [0.1, 0.15) is 23.2 Å². The molecule has 2 aromatic rings. The van der Waals surface area contributed by atoms with E-state index in [-0.39, 0.29) is 37.1 Å². The Morgan fingerprint density at radius 2 is 1.41 bits per heavy atom. The standard InChI is InChI=1S/C21H23NO6S/c23-20(17-7-3-1-4-8-17)27-15-16-28-21(24)18-11-13-22(14-12-18)29(25,26)19-9-5-2-6-10-19/h1-10,18H,11-16H2. The van der Waals surface area contributed by atoms with Crippen LogP contribution < -0.4 is 0 Å². The second-order valence-corrected chi connectivity index (χ2v) is 8.60. The molecular weight excluding hydrogens is 394 g/mol. The summed E-state index contributed by atoms with van der Waals surface area (Å²) >= 11 is 0. The number of piperidine rings is 1. The molecule has 0 aliphatic carbocycles. The van der Waals surface area contributed by atoms with E-state index in [9.17, 15) is 18.0 Å². The minimum Gasteiger partial charge on any atom is -0.462 e. The van der Waals surface area contributed by atoms with Crippen molar-refractivity contribution in [1.29, 1.82) is 0 Å². The normalized spacial score (nSPS) is 15.6. The number of hydrogen-bond acceptors (Lipinski definition) is 6. The summed E-state index contributed by atoms with van der Waals surface area (Å²) in [6.07, 6.45) is 0.795. The van der Waals surface area contributed by atoms with Gasteiger partial charge in [-0.25, -0.2) is 13.2 Å². The molecule has 154 valence electrons. The average Bonchev–Trinajstić information content (AvgIpc) is 2.77. The Balaban J connectivity index is 1.40. The predicted molar refractivity (Wildman–Crippen MR) is 106 cm³/mol. The molecule has 0 aromatic heterocycles. The number of sulfonamides is 1. The highest BCUT2D eigenvalue weighted by Gasteiger charge is 2.32. The van der Waals surface area contributed by atoms with Crippen molar-refractivity contribution in [2.75, 3.05) is 26.3 Å². The van der Waals surface area contributed by atoms with Crippen LogP contribution in [0.4, 0.5) is 0 Å². The molecule has 1 fully saturated rings. The lowest BCUT2D eigenvalue weighted by Crippen LogP contribution is -2.40. The summed E-state index contributed by atoms with van der Waals surface area (Å²) in [5.41, 5.74) is 0.436. The van der Waals surface area contributed by atoms with E-state index >= 15 is 0 Å². The molecule has 0 spiro atoms. The fourth-order valence-corrected chi connectivity index (χ4v) is 4.62. The Kier molecular flexibility index (Phi) is 7.00. The third kappa shape index (κ3) is 5.42. The summed E-state index contributed by atoms with van der Waals surface area (Å²) in [5, 5.41) is 0. The molecule has 2 aromatic carbocycles. The van der Waals surface area contributed by atoms with E-state index in [1.165, 1.54) is 4.31 Å². The third-order valence-electron chi connectivity index (χ3n) is 4.74. The van der Waals surface area contributed by atoms with Gasteiger partial charge in [-0.1, -0.05) is 36.4 Å². The van der Waals surface area contributed by atoms with E-state index in [2.05, 4.69) is 0 Å². The number of rotatable bonds is 7. The molecule has 0 N–H and O–H groups in total. The maximum absolute atomic E-state index is 12.6. The fraction of sp³-hybridized carbons (Fsp3) is 0.333. The molecule has 8 heteroatoms. The van der Waals surface area contributed by atoms with Crippen molar-refractivity contribution in [2.24, 2.45) is 5.92 Å². The summed E-state index contributed by atoms with van der Waals surface area (Å²) in [7, 11) is -3.54. The zero-order valence-electron chi connectivity index (χ0n) is 15.9. The first kappa shape index (κ1) is 21.0. The van der Waals surface area contributed by atoms with Crippen molar-refractivity contribution in [2.45, 2.75) is 17.7 Å². The van der Waals surface area contributed by atoms with Gasteiger partial charge >= 0.3 is 11.9 Å². The Morgan fingerprint density at radius 1 is 0.862 bits per heavy atom. The first-order valence-corrected chi connectivity index (χ1v) is 10.9. The molecule has 1 aliphatic heterocycles.